The number of esters is 1. The SMILES string of the molecule is CCOC(=O)/C(=C/c1ccc(OCCN(C)c2nc3ccccc3o2)cc1)OCC(F)(F)F. The highest BCUT2D eigenvalue weighted by Crippen LogP contribution is 2.22. The summed E-state index contributed by atoms with van der Waals surface area (Å²) in [4.78, 5) is 18.1. The van der Waals surface area contributed by atoms with E-state index in [2.05, 4.69) is 9.72 Å². The number of rotatable bonds is 10. The van der Waals surface area contributed by atoms with Crippen LogP contribution in [-0.4, -0.2) is 50.5 Å². The fourth-order valence-electron chi connectivity index (χ4n) is 2.75. The summed E-state index contributed by atoms with van der Waals surface area (Å²) in [7, 11) is 1.83. The first-order chi connectivity index (χ1) is 15.7. The second-order valence-corrected chi connectivity index (χ2v) is 6.94. The molecule has 0 aliphatic heterocycles. The van der Waals surface area contributed by atoms with Crippen molar-refractivity contribution in [1.82, 2.24) is 4.98 Å². The van der Waals surface area contributed by atoms with Gasteiger partial charge in [0.25, 0.3) is 6.01 Å². The first-order valence-electron chi connectivity index (χ1n) is 10.1. The Labute approximate surface area is 188 Å². The molecule has 0 aliphatic carbocycles. The highest BCUT2D eigenvalue weighted by atomic mass is 19.4. The van der Waals surface area contributed by atoms with E-state index in [9.17, 15) is 18.0 Å². The van der Waals surface area contributed by atoms with E-state index < -0.39 is 24.5 Å². The van der Waals surface area contributed by atoms with Gasteiger partial charge in [-0.1, -0.05) is 24.3 Å². The monoisotopic (exact) mass is 464 g/mol. The number of likely N-dealkylation sites (N-methyl/N-ethyl adjacent to an activating group) is 1. The Bertz CT molecular complexity index is 1060. The van der Waals surface area contributed by atoms with Crippen LogP contribution in [-0.2, 0) is 14.3 Å². The number of halogens is 3. The van der Waals surface area contributed by atoms with E-state index in [0.717, 1.165) is 5.52 Å². The third-order valence-electron chi connectivity index (χ3n) is 4.35. The van der Waals surface area contributed by atoms with Crippen LogP contribution in [0.1, 0.15) is 12.5 Å². The van der Waals surface area contributed by atoms with Gasteiger partial charge in [0.15, 0.2) is 12.2 Å². The number of ether oxygens (including phenoxy) is 3. The number of fused-ring (bicyclic) bond motifs is 1. The summed E-state index contributed by atoms with van der Waals surface area (Å²) in [6.07, 6.45) is -3.39. The molecule has 1 heterocycles. The van der Waals surface area contributed by atoms with Gasteiger partial charge >= 0.3 is 12.1 Å². The molecule has 0 bridgehead atoms. The zero-order valence-electron chi connectivity index (χ0n) is 18.1. The maximum absolute atomic E-state index is 12.5. The number of benzene rings is 2. The molecule has 0 spiro atoms. The number of oxazole rings is 1. The van der Waals surface area contributed by atoms with Crippen LogP contribution < -0.4 is 9.64 Å². The molecule has 3 aromatic rings. The lowest BCUT2D eigenvalue weighted by Crippen LogP contribution is -2.23. The Hall–Kier alpha value is -3.69. The first-order valence-corrected chi connectivity index (χ1v) is 10.1. The third kappa shape index (κ3) is 7.16. The van der Waals surface area contributed by atoms with Crippen molar-refractivity contribution in [2.75, 3.05) is 38.3 Å². The van der Waals surface area contributed by atoms with Gasteiger partial charge < -0.3 is 23.5 Å². The van der Waals surface area contributed by atoms with Gasteiger partial charge in [-0.15, -0.1) is 0 Å². The molecular formula is C23H23F3N2O5. The molecular weight excluding hydrogens is 441 g/mol. The lowest BCUT2D eigenvalue weighted by molar-refractivity contribution is -0.170. The Balaban J connectivity index is 1.57. The van der Waals surface area contributed by atoms with E-state index in [0.29, 0.717) is 36.1 Å². The van der Waals surface area contributed by atoms with E-state index >= 15 is 0 Å². The molecule has 10 heteroatoms. The van der Waals surface area contributed by atoms with Crippen molar-refractivity contribution < 1.29 is 36.6 Å². The lowest BCUT2D eigenvalue weighted by Gasteiger charge is -2.15. The van der Waals surface area contributed by atoms with Gasteiger partial charge in [0, 0.05) is 7.05 Å². The van der Waals surface area contributed by atoms with Crippen LogP contribution >= 0.6 is 0 Å². The second kappa shape index (κ2) is 10.8. The molecule has 0 amide bonds. The van der Waals surface area contributed by atoms with Gasteiger partial charge in [0.05, 0.1) is 13.2 Å². The topological polar surface area (TPSA) is 74.0 Å². The largest absolute Gasteiger partial charge is 0.492 e. The predicted molar refractivity (Wildman–Crippen MR) is 116 cm³/mol. The molecule has 0 N–H and O–H groups in total. The maximum Gasteiger partial charge on any atom is 0.422 e. The number of aromatic nitrogens is 1. The number of carbonyl (C=O) groups excluding carboxylic acids is 1. The molecule has 0 aliphatic rings. The Morgan fingerprint density at radius 1 is 1.12 bits per heavy atom. The Morgan fingerprint density at radius 3 is 2.52 bits per heavy atom. The first kappa shape index (κ1) is 24.0. The molecule has 33 heavy (non-hydrogen) atoms. The second-order valence-electron chi connectivity index (χ2n) is 6.94. The van der Waals surface area contributed by atoms with Gasteiger partial charge in [0.2, 0.25) is 5.76 Å². The zero-order valence-corrected chi connectivity index (χ0v) is 18.1. The molecule has 0 fully saturated rings. The summed E-state index contributed by atoms with van der Waals surface area (Å²) in [6.45, 7) is 0.815. The number of alkyl halides is 3. The average Bonchev–Trinajstić information content (AvgIpc) is 3.21. The zero-order chi connectivity index (χ0) is 23.8. The van der Waals surface area contributed by atoms with E-state index in [4.69, 9.17) is 13.9 Å². The summed E-state index contributed by atoms with van der Waals surface area (Å²) in [5.41, 5.74) is 1.92. The van der Waals surface area contributed by atoms with Crippen LogP contribution in [0.3, 0.4) is 0 Å². The van der Waals surface area contributed by atoms with Crippen molar-refractivity contribution in [2.24, 2.45) is 0 Å². The molecule has 0 saturated carbocycles. The maximum atomic E-state index is 12.5. The average molecular weight is 464 g/mol. The fourth-order valence-corrected chi connectivity index (χ4v) is 2.75. The third-order valence-corrected chi connectivity index (χ3v) is 4.35. The van der Waals surface area contributed by atoms with E-state index in [1.165, 1.54) is 6.08 Å². The highest BCUT2D eigenvalue weighted by molar-refractivity contribution is 5.91. The van der Waals surface area contributed by atoms with Crippen LogP contribution in [0.25, 0.3) is 17.2 Å². The van der Waals surface area contributed by atoms with Crippen LogP contribution in [0.15, 0.2) is 58.7 Å². The minimum atomic E-state index is -4.58. The van der Waals surface area contributed by atoms with E-state index in [1.54, 1.807) is 31.2 Å². The molecule has 0 radical (unpaired) electrons. The van der Waals surface area contributed by atoms with Gasteiger partial charge in [-0.05, 0) is 42.8 Å². The van der Waals surface area contributed by atoms with Crippen molar-refractivity contribution in [3.8, 4) is 5.75 Å². The summed E-state index contributed by atoms with van der Waals surface area (Å²) < 4.78 is 58.2. The van der Waals surface area contributed by atoms with Crippen molar-refractivity contribution in [3.63, 3.8) is 0 Å². The standard InChI is InChI=1S/C23H23F3N2O5/c1-3-30-21(29)20(32-15-23(24,25)26)14-16-8-10-17(11-9-16)31-13-12-28(2)22-27-18-6-4-5-7-19(18)33-22/h4-11,14H,3,12-13,15H2,1-2H3/b20-14-. The van der Waals surface area contributed by atoms with Gasteiger partial charge in [-0.3, -0.25) is 0 Å². The quantitative estimate of drug-likeness (QED) is 0.242. The number of hydrogen-bond donors (Lipinski definition) is 0. The molecule has 0 saturated heterocycles. The summed E-state index contributed by atoms with van der Waals surface area (Å²) in [6, 6.07) is 14.4. The lowest BCUT2D eigenvalue weighted by atomic mass is 10.2. The highest BCUT2D eigenvalue weighted by Gasteiger charge is 2.30. The Kier molecular flexibility index (Phi) is 7.81. The molecule has 7 nitrogen and oxygen atoms in total. The smallest absolute Gasteiger partial charge is 0.422 e. The van der Waals surface area contributed by atoms with E-state index in [1.807, 2.05) is 36.2 Å². The number of carbonyl (C=O) groups is 1. The minimum Gasteiger partial charge on any atom is -0.492 e. The van der Waals surface area contributed by atoms with Crippen LogP contribution in [0.4, 0.5) is 19.2 Å². The van der Waals surface area contributed by atoms with Gasteiger partial charge in [0.1, 0.15) is 17.9 Å². The molecule has 3 rings (SSSR count). The van der Waals surface area contributed by atoms with Crippen LogP contribution in [0.2, 0.25) is 0 Å². The number of anilines is 1. The van der Waals surface area contributed by atoms with Crippen LogP contribution in [0.5, 0.6) is 5.75 Å². The van der Waals surface area contributed by atoms with Crippen molar-refractivity contribution in [1.29, 1.82) is 0 Å². The van der Waals surface area contributed by atoms with Crippen LogP contribution in [0, 0.1) is 0 Å². The summed E-state index contributed by atoms with van der Waals surface area (Å²) in [5, 5.41) is 0. The van der Waals surface area contributed by atoms with E-state index in [-0.39, 0.29) is 6.61 Å². The van der Waals surface area contributed by atoms with Crippen molar-refractivity contribution in [3.05, 3.63) is 59.9 Å². The molecule has 0 unspecified atom stereocenters. The molecule has 1 aromatic heterocycles. The molecule has 0 atom stereocenters. The summed E-state index contributed by atoms with van der Waals surface area (Å²) >= 11 is 0. The number of nitrogens with zero attached hydrogens (tertiary/aromatic N) is 2. The number of para-hydroxylation sites is 2. The molecule has 2 aromatic carbocycles. The van der Waals surface area contributed by atoms with Crippen molar-refractivity contribution in [2.45, 2.75) is 13.1 Å². The summed E-state index contributed by atoms with van der Waals surface area (Å²) in [5.74, 6) is -0.945. The minimum absolute atomic E-state index is 0.0102. The van der Waals surface area contributed by atoms with Gasteiger partial charge in [-0.25, -0.2) is 4.79 Å². The normalized spacial score (nSPS) is 12.0. The molecule has 176 valence electrons. The van der Waals surface area contributed by atoms with Crippen molar-refractivity contribution >= 4 is 29.2 Å². The number of hydrogen-bond acceptors (Lipinski definition) is 7. The van der Waals surface area contributed by atoms with Gasteiger partial charge in [-0.2, -0.15) is 18.2 Å². The Morgan fingerprint density at radius 2 is 1.85 bits per heavy atom. The predicted octanol–water partition coefficient (Wildman–Crippen LogP) is 4.83. The fraction of sp³-hybridized carbons (Fsp3) is 0.304.